The van der Waals surface area contributed by atoms with Crippen molar-refractivity contribution >= 4 is 12.4 Å². The number of hydrogen-bond donors (Lipinski definition) is 2. The number of rotatable bonds is 1. The maximum Gasteiger partial charge on any atom is 0.272 e. The molecule has 0 aromatic heterocycles. The Morgan fingerprint density at radius 3 is 1.93 bits per heavy atom. The smallest absolute Gasteiger partial charge is 0.272 e. The van der Waals surface area contributed by atoms with Gasteiger partial charge in [-0.1, -0.05) is 0 Å². The molecule has 6 heteroatoms. The van der Waals surface area contributed by atoms with Crippen molar-refractivity contribution in [2.24, 2.45) is 0 Å². The van der Waals surface area contributed by atoms with Crippen molar-refractivity contribution in [2.75, 3.05) is 33.4 Å². The van der Waals surface area contributed by atoms with E-state index in [0.717, 1.165) is 13.2 Å². The van der Waals surface area contributed by atoms with Crippen LogP contribution in [0.3, 0.4) is 0 Å². The molecule has 2 aliphatic heterocycles. The lowest BCUT2D eigenvalue weighted by Gasteiger charge is -2.25. The summed E-state index contributed by atoms with van der Waals surface area (Å²) in [6.45, 7) is 1.61. The maximum atomic E-state index is 11.5. The molecule has 0 aliphatic carbocycles. The Bertz CT molecular complexity index is 160. The van der Waals surface area contributed by atoms with Gasteiger partial charge >= 0.3 is 0 Å². The quantitative estimate of drug-likeness (QED) is 0.723. The van der Waals surface area contributed by atoms with E-state index >= 15 is 0 Å². The Kier molecular flexibility index (Phi) is 7.34. The van der Waals surface area contributed by atoms with Gasteiger partial charge in [0.15, 0.2) is 0 Å². The monoisotopic (exact) mass is 244 g/mol. The minimum absolute atomic E-state index is 0. The molecule has 0 unspecified atom stereocenters. The van der Waals surface area contributed by atoms with E-state index in [2.05, 4.69) is 10.6 Å². The minimum atomic E-state index is -2.39. The molecule has 2 N–H and O–H groups in total. The Hall–Kier alpha value is 0.0300. The molecule has 3 nitrogen and oxygen atoms in total. The van der Waals surface area contributed by atoms with Crippen molar-refractivity contribution in [1.29, 1.82) is 0 Å². The van der Waals surface area contributed by atoms with Gasteiger partial charge in [-0.3, -0.25) is 0 Å². The lowest BCUT2D eigenvalue weighted by atomic mass is 10.1. The Morgan fingerprint density at radius 2 is 1.73 bits per heavy atom. The maximum absolute atomic E-state index is 11.5. The number of ether oxygens (including phenoxy) is 1. The first-order valence-electron chi connectivity index (χ1n) is 4.97. The fraction of sp³-hybridized carbons (Fsp3) is 1.00. The molecule has 2 rings (SSSR count). The van der Waals surface area contributed by atoms with Crippen LogP contribution >= 0.6 is 12.4 Å². The number of alkyl halides is 2. The van der Waals surface area contributed by atoms with E-state index in [-0.39, 0.29) is 25.5 Å². The molecule has 2 aliphatic rings. The SMILES string of the molecule is CNC1CCOCC1.Cl.FC1(F)CNC1. The standard InChI is InChI=1S/C6H13NO.C3H5F2N.ClH/c1-7-6-2-4-8-5-3-6;4-3(5)1-6-2-3;/h6-7H,2-5H2,1H3;6H,1-2H2;1H. The summed E-state index contributed by atoms with van der Waals surface area (Å²) in [6, 6.07) is 0.712. The summed E-state index contributed by atoms with van der Waals surface area (Å²) in [7, 11) is 2.01. The molecule has 15 heavy (non-hydrogen) atoms. The molecule has 0 amide bonds. The molecule has 2 fully saturated rings. The molecular formula is C9H19ClF2N2O. The Morgan fingerprint density at radius 1 is 1.27 bits per heavy atom. The summed E-state index contributed by atoms with van der Waals surface area (Å²) < 4.78 is 28.1. The van der Waals surface area contributed by atoms with E-state index in [1.165, 1.54) is 12.8 Å². The molecule has 0 aromatic carbocycles. The molecular weight excluding hydrogens is 226 g/mol. The van der Waals surface area contributed by atoms with Crippen molar-refractivity contribution in [2.45, 2.75) is 24.8 Å². The van der Waals surface area contributed by atoms with Crippen molar-refractivity contribution in [3.63, 3.8) is 0 Å². The van der Waals surface area contributed by atoms with Gasteiger partial charge in [0.05, 0.1) is 13.1 Å². The van der Waals surface area contributed by atoms with Gasteiger partial charge in [0.2, 0.25) is 0 Å². The van der Waals surface area contributed by atoms with Gasteiger partial charge in [0.1, 0.15) is 0 Å². The first kappa shape index (κ1) is 15.0. The van der Waals surface area contributed by atoms with E-state index in [1.807, 2.05) is 7.05 Å². The largest absolute Gasteiger partial charge is 0.381 e. The van der Waals surface area contributed by atoms with Crippen LogP contribution in [0.1, 0.15) is 12.8 Å². The Labute approximate surface area is 95.4 Å². The highest BCUT2D eigenvalue weighted by atomic mass is 35.5. The van der Waals surface area contributed by atoms with Crippen LogP contribution in [0.4, 0.5) is 8.78 Å². The third-order valence-electron chi connectivity index (χ3n) is 2.40. The van der Waals surface area contributed by atoms with Crippen LogP contribution in [0.25, 0.3) is 0 Å². The summed E-state index contributed by atoms with van der Waals surface area (Å²) >= 11 is 0. The van der Waals surface area contributed by atoms with Crippen LogP contribution in [0.2, 0.25) is 0 Å². The Balaban J connectivity index is 0.000000253. The lowest BCUT2D eigenvalue weighted by Crippen LogP contribution is -2.52. The topological polar surface area (TPSA) is 33.3 Å². The van der Waals surface area contributed by atoms with E-state index < -0.39 is 5.92 Å². The van der Waals surface area contributed by atoms with Crippen LogP contribution in [-0.4, -0.2) is 45.3 Å². The summed E-state index contributed by atoms with van der Waals surface area (Å²) in [5.74, 6) is -2.39. The van der Waals surface area contributed by atoms with Gasteiger partial charge < -0.3 is 15.4 Å². The highest BCUT2D eigenvalue weighted by Crippen LogP contribution is 2.16. The fourth-order valence-corrected chi connectivity index (χ4v) is 1.30. The third kappa shape index (κ3) is 6.25. The average molecular weight is 245 g/mol. The molecule has 0 saturated carbocycles. The second-order valence-electron chi connectivity index (χ2n) is 3.63. The molecule has 0 radical (unpaired) electrons. The van der Waals surface area contributed by atoms with Gasteiger partial charge in [-0.25, -0.2) is 8.78 Å². The number of nitrogens with one attached hydrogen (secondary N) is 2. The van der Waals surface area contributed by atoms with E-state index in [4.69, 9.17) is 4.74 Å². The van der Waals surface area contributed by atoms with E-state index in [0.29, 0.717) is 6.04 Å². The first-order valence-corrected chi connectivity index (χ1v) is 4.97. The van der Waals surface area contributed by atoms with Gasteiger partial charge in [-0.2, -0.15) is 0 Å². The summed E-state index contributed by atoms with van der Waals surface area (Å²) in [4.78, 5) is 0. The van der Waals surface area contributed by atoms with Crippen LogP contribution < -0.4 is 10.6 Å². The predicted octanol–water partition coefficient (Wildman–Crippen LogP) is 1.03. The lowest BCUT2D eigenvalue weighted by molar-refractivity contribution is -0.0475. The van der Waals surface area contributed by atoms with Crippen molar-refractivity contribution in [3.05, 3.63) is 0 Å². The van der Waals surface area contributed by atoms with Crippen molar-refractivity contribution < 1.29 is 13.5 Å². The molecule has 2 saturated heterocycles. The predicted molar refractivity (Wildman–Crippen MR) is 58.0 cm³/mol. The summed E-state index contributed by atoms with van der Waals surface area (Å²) in [6.07, 6.45) is 2.35. The van der Waals surface area contributed by atoms with Gasteiger partial charge in [-0.15, -0.1) is 12.4 Å². The normalized spacial score (nSPS) is 24.2. The number of hydrogen-bond acceptors (Lipinski definition) is 3. The minimum Gasteiger partial charge on any atom is -0.381 e. The molecule has 0 atom stereocenters. The first-order chi connectivity index (χ1) is 6.64. The fourth-order valence-electron chi connectivity index (χ4n) is 1.30. The van der Waals surface area contributed by atoms with E-state index in [9.17, 15) is 8.78 Å². The van der Waals surface area contributed by atoms with Crippen LogP contribution in [-0.2, 0) is 4.74 Å². The zero-order chi connectivity index (χ0) is 10.4. The highest BCUT2D eigenvalue weighted by molar-refractivity contribution is 5.85. The van der Waals surface area contributed by atoms with E-state index in [1.54, 1.807) is 0 Å². The van der Waals surface area contributed by atoms with Crippen LogP contribution in [0, 0.1) is 0 Å². The molecule has 2 heterocycles. The third-order valence-corrected chi connectivity index (χ3v) is 2.40. The van der Waals surface area contributed by atoms with Crippen molar-refractivity contribution in [1.82, 2.24) is 10.6 Å². The van der Waals surface area contributed by atoms with Crippen molar-refractivity contribution in [3.8, 4) is 0 Å². The number of halogens is 3. The highest BCUT2D eigenvalue weighted by Gasteiger charge is 2.36. The molecule has 92 valence electrons. The summed E-state index contributed by atoms with van der Waals surface area (Å²) in [5, 5.41) is 5.68. The molecule has 0 spiro atoms. The zero-order valence-corrected chi connectivity index (χ0v) is 9.71. The summed E-state index contributed by atoms with van der Waals surface area (Å²) in [5.41, 5.74) is 0. The van der Waals surface area contributed by atoms with Crippen LogP contribution in [0.5, 0.6) is 0 Å². The van der Waals surface area contributed by atoms with Gasteiger partial charge in [-0.05, 0) is 19.9 Å². The molecule has 0 aromatic rings. The van der Waals surface area contributed by atoms with Gasteiger partial charge in [0.25, 0.3) is 5.92 Å². The second-order valence-corrected chi connectivity index (χ2v) is 3.63. The van der Waals surface area contributed by atoms with Gasteiger partial charge in [0, 0.05) is 19.3 Å². The zero-order valence-electron chi connectivity index (χ0n) is 8.89. The second kappa shape index (κ2) is 7.33. The average Bonchev–Trinajstić information content (AvgIpc) is 2.18. The molecule has 0 bridgehead atoms. The van der Waals surface area contributed by atoms with Crippen LogP contribution in [0.15, 0.2) is 0 Å².